The molecule has 2 heterocycles. The van der Waals surface area contributed by atoms with E-state index in [1.165, 1.54) is 18.2 Å². The second-order valence-corrected chi connectivity index (χ2v) is 10.1. The van der Waals surface area contributed by atoms with E-state index in [1.54, 1.807) is 18.3 Å². The third kappa shape index (κ3) is 5.59. The maximum absolute atomic E-state index is 12.5. The standard InChI is InChI=1S/C19H26N4O4S2/c1-3-19-21-16(13-28-19)12-22-8-6-15(7-9-22)11-20-29(26,27)17-4-5-18(23(24)25)14(2)10-17/h4-5,10,13,15,20H,3,6-9,11-12H2,1-2H3. The zero-order chi connectivity index (χ0) is 21.0. The van der Waals surface area contributed by atoms with Crippen molar-refractivity contribution in [2.75, 3.05) is 19.6 Å². The fourth-order valence-electron chi connectivity index (χ4n) is 3.47. The van der Waals surface area contributed by atoms with Crippen molar-refractivity contribution in [1.82, 2.24) is 14.6 Å². The van der Waals surface area contributed by atoms with Crippen molar-refractivity contribution in [3.05, 3.63) is 50.0 Å². The molecule has 1 fully saturated rings. The summed E-state index contributed by atoms with van der Waals surface area (Å²) in [4.78, 5) is 17.4. The number of nitrogens with one attached hydrogen (secondary N) is 1. The summed E-state index contributed by atoms with van der Waals surface area (Å²) in [5.41, 5.74) is 1.36. The number of piperidine rings is 1. The van der Waals surface area contributed by atoms with E-state index in [4.69, 9.17) is 0 Å². The number of nitro groups is 1. The molecule has 1 aliphatic rings. The van der Waals surface area contributed by atoms with Crippen molar-refractivity contribution in [2.24, 2.45) is 5.92 Å². The average Bonchev–Trinajstić information content (AvgIpc) is 3.14. The van der Waals surface area contributed by atoms with Crippen LogP contribution in [0.1, 0.15) is 36.0 Å². The molecule has 1 saturated heterocycles. The van der Waals surface area contributed by atoms with Gasteiger partial charge in [-0.15, -0.1) is 11.3 Å². The summed E-state index contributed by atoms with van der Waals surface area (Å²) < 4.78 is 27.8. The third-order valence-corrected chi connectivity index (χ3v) is 7.70. The SMILES string of the molecule is CCc1nc(CN2CCC(CNS(=O)(=O)c3ccc([N+](=O)[O-])c(C)c3)CC2)cs1. The first-order valence-corrected chi connectivity index (χ1v) is 12.0. The van der Waals surface area contributed by atoms with Gasteiger partial charge in [-0.25, -0.2) is 18.1 Å². The summed E-state index contributed by atoms with van der Waals surface area (Å²) in [6.07, 6.45) is 2.81. The molecule has 3 rings (SSSR count). The van der Waals surface area contributed by atoms with Crippen molar-refractivity contribution < 1.29 is 13.3 Å². The molecular weight excluding hydrogens is 412 g/mol. The van der Waals surface area contributed by atoms with E-state index in [-0.39, 0.29) is 16.5 Å². The molecular formula is C19H26N4O4S2. The Kier molecular flexibility index (Phi) is 6.99. The van der Waals surface area contributed by atoms with Crippen molar-refractivity contribution >= 4 is 27.0 Å². The van der Waals surface area contributed by atoms with Crippen LogP contribution in [0.5, 0.6) is 0 Å². The smallest absolute Gasteiger partial charge is 0.272 e. The number of aryl methyl sites for hydroxylation is 2. The van der Waals surface area contributed by atoms with E-state index in [1.807, 2.05) is 0 Å². The quantitative estimate of drug-likeness (QED) is 0.501. The number of hydrogen-bond donors (Lipinski definition) is 1. The highest BCUT2D eigenvalue weighted by atomic mass is 32.2. The first kappa shape index (κ1) is 21.8. The van der Waals surface area contributed by atoms with Gasteiger partial charge in [0.2, 0.25) is 10.0 Å². The normalized spacial score (nSPS) is 16.2. The first-order valence-electron chi connectivity index (χ1n) is 9.69. The van der Waals surface area contributed by atoms with Crippen LogP contribution < -0.4 is 4.72 Å². The Morgan fingerprint density at radius 3 is 2.66 bits per heavy atom. The van der Waals surface area contributed by atoms with Crippen LogP contribution >= 0.6 is 11.3 Å². The molecule has 29 heavy (non-hydrogen) atoms. The second-order valence-electron chi connectivity index (χ2n) is 7.36. The maximum Gasteiger partial charge on any atom is 0.272 e. The average molecular weight is 439 g/mol. The summed E-state index contributed by atoms with van der Waals surface area (Å²) in [7, 11) is -3.68. The molecule has 0 atom stereocenters. The van der Waals surface area contributed by atoms with Gasteiger partial charge in [-0.05, 0) is 57.3 Å². The number of likely N-dealkylation sites (tertiary alicyclic amines) is 1. The lowest BCUT2D eigenvalue weighted by Gasteiger charge is -2.31. The van der Waals surface area contributed by atoms with Gasteiger partial charge in [0.25, 0.3) is 5.69 Å². The first-order chi connectivity index (χ1) is 13.8. The third-order valence-electron chi connectivity index (χ3n) is 5.23. The number of rotatable bonds is 8. The van der Waals surface area contributed by atoms with E-state index < -0.39 is 14.9 Å². The zero-order valence-electron chi connectivity index (χ0n) is 16.6. The highest BCUT2D eigenvalue weighted by Crippen LogP contribution is 2.23. The Labute approximate surface area is 175 Å². The maximum atomic E-state index is 12.5. The summed E-state index contributed by atoms with van der Waals surface area (Å²) in [6.45, 7) is 6.70. The van der Waals surface area contributed by atoms with Crippen LogP contribution in [0.25, 0.3) is 0 Å². The Bertz CT molecular complexity index is 966. The molecule has 0 amide bonds. The highest BCUT2D eigenvalue weighted by Gasteiger charge is 2.23. The minimum absolute atomic E-state index is 0.0632. The Hall–Kier alpha value is -1.88. The lowest BCUT2D eigenvalue weighted by molar-refractivity contribution is -0.385. The van der Waals surface area contributed by atoms with Gasteiger partial charge in [0.15, 0.2) is 0 Å². The molecule has 0 radical (unpaired) electrons. The van der Waals surface area contributed by atoms with Gasteiger partial charge in [-0.3, -0.25) is 15.0 Å². The number of thiazole rings is 1. The van der Waals surface area contributed by atoms with Crippen LogP contribution in [0.3, 0.4) is 0 Å². The predicted molar refractivity (Wildman–Crippen MR) is 113 cm³/mol. The van der Waals surface area contributed by atoms with Crippen LogP contribution in [0.15, 0.2) is 28.5 Å². The molecule has 0 unspecified atom stereocenters. The molecule has 0 bridgehead atoms. The number of aromatic nitrogens is 1. The highest BCUT2D eigenvalue weighted by molar-refractivity contribution is 7.89. The Morgan fingerprint density at radius 1 is 1.34 bits per heavy atom. The van der Waals surface area contributed by atoms with Gasteiger partial charge >= 0.3 is 0 Å². The Balaban J connectivity index is 1.50. The van der Waals surface area contributed by atoms with Gasteiger partial charge in [-0.2, -0.15) is 0 Å². The fourth-order valence-corrected chi connectivity index (χ4v) is 5.41. The number of nitro benzene ring substituents is 1. The van der Waals surface area contributed by atoms with Crippen LogP contribution in [-0.4, -0.2) is 42.9 Å². The summed E-state index contributed by atoms with van der Waals surface area (Å²) in [5, 5.41) is 14.2. The summed E-state index contributed by atoms with van der Waals surface area (Å²) in [6, 6.07) is 3.88. The monoisotopic (exact) mass is 438 g/mol. The van der Waals surface area contributed by atoms with Gasteiger partial charge < -0.3 is 0 Å². The van der Waals surface area contributed by atoms with Gasteiger partial charge in [-0.1, -0.05) is 6.92 Å². The molecule has 0 spiro atoms. The fraction of sp³-hybridized carbons (Fsp3) is 0.526. The van der Waals surface area contributed by atoms with Gasteiger partial charge in [0, 0.05) is 30.1 Å². The van der Waals surface area contributed by atoms with Crippen LogP contribution in [0.2, 0.25) is 0 Å². The molecule has 1 N–H and O–H groups in total. The number of nitrogens with zero attached hydrogens (tertiary/aromatic N) is 3. The molecule has 0 aliphatic carbocycles. The topological polar surface area (TPSA) is 105 Å². The van der Waals surface area contributed by atoms with Crippen molar-refractivity contribution in [3.8, 4) is 0 Å². The van der Waals surface area contributed by atoms with E-state index in [0.29, 0.717) is 12.1 Å². The van der Waals surface area contributed by atoms with Crippen LogP contribution in [0.4, 0.5) is 5.69 Å². The van der Waals surface area contributed by atoms with Crippen molar-refractivity contribution in [3.63, 3.8) is 0 Å². The molecule has 1 aromatic heterocycles. The van der Waals surface area contributed by atoms with Crippen molar-refractivity contribution in [1.29, 1.82) is 0 Å². The summed E-state index contributed by atoms with van der Waals surface area (Å²) in [5.74, 6) is 0.279. The minimum Gasteiger partial charge on any atom is -0.297 e. The number of sulfonamides is 1. The largest absolute Gasteiger partial charge is 0.297 e. The van der Waals surface area contributed by atoms with Crippen LogP contribution in [0, 0.1) is 23.0 Å². The molecule has 0 saturated carbocycles. The van der Waals surface area contributed by atoms with Crippen molar-refractivity contribution in [2.45, 2.75) is 44.6 Å². The molecule has 1 aliphatic heterocycles. The van der Waals surface area contributed by atoms with E-state index in [9.17, 15) is 18.5 Å². The number of hydrogen-bond acceptors (Lipinski definition) is 7. The predicted octanol–water partition coefficient (Wildman–Crippen LogP) is 3.11. The van der Waals surface area contributed by atoms with Gasteiger partial charge in [0.1, 0.15) is 0 Å². The van der Waals surface area contributed by atoms with Gasteiger partial charge in [0.05, 0.1) is 20.5 Å². The Morgan fingerprint density at radius 2 is 2.07 bits per heavy atom. The molecule has 158 valence electrons. The van der Waals surface area contributed by atoms with E-state index >= 15 is 0 Å². The summed E-state index contributed by atoms with van der Waals surface area (Å²) >= 11 is 1.70. The lowest BCUT2D eigenvalue weighted by Crippen LogP contribution is -2.38. The van der Waals surface area contributed by atoms with E-state index in [2.05, 4.69) is 26.9 Å². The van der Waals surface area contributed by atoms with Crippen LogP contribution in [-0.2, 0) is 23.0 Å². The minimum atomic E-state index is -3.68. The lowest BCUT2D eigenvalue weighted by atomic mass is 9.97. The molecule has 1 aromatic carbocycles. The number of benzene rings is 1. The molecule has 10 heteroatoms. The second kappa shape index (κ2) is 9.29. The zero-order valence-corrected chi connectivity index (χ0v) is 18.3. The molecule has 8 nitrogen and oxygen atoms in total. The molecule has 2 aromatic rings. The van der Waals surface area contributed by atoms with E-state index in [0.717, 1.165) is 49.6 Å².